The summed E-state index contributed by atoms with van der Waals surface area (Å²) >= 11 is 6.09. The zero-order valence-electron chi connectivity index (χ0n) is 11.4. The van der Waals surface area contributed by atoms with Gasteiger partial charge in [-0.1, -0.05) is 23.7 Å². The molecule has 3 nitrogen and oxygen atoms in total. The van der Waals surface area contributed by atoms with Crippen LogP contribution in [0.5, 0.6) is 0 Å². The molecule has 0 saturated heterocycles. The second-order valence-electron chi connectivity index (χ2n) is 4.51. The summed E-state index contributed by atoms with van der Waals surface area (Å²) in [5.74, 6) is -0.332. The summed E-state index contributed by atoms with van der Waals surface area (Å²) < 4.78 is 4.66. The number of rotatable bonds is 4. The van der Waals surface area contributed by atoms with Crippen LogP contribution in [0.4, 0.5) is 5.69 Å². The standard InChI is InChI=1S/C16H16ClNO2/c1-11-3-4-12(9-15(11)17)10-18-14-7-5-13(6-8-14)16(19)20-2/h3-9,18H,10H2,1-2H3. The molecule has 2 aromatic carbocycles. The molecule has 0 aliphatic heterocycles. The first kappa shape index (κ1) is 14.4. The van der Waals surface area contributed by atoms with E-state index in [4.69, 9.17) is 11.6 Å². The van der Waals surface area contributed by atoms with Crippen LogP contribution in [-0.2, 0) is 11.3 Å². The lowest BCUT2D eigenvalue weighted by atomic mass is 10.1. The average Bonchev–Trinajstić information content (AvgIpc) is 2.48. The second kappa shape index (κ2) is 6.44. The number of methoxy groups -OCH3 is 1. The van der Waals surface area contributed by atoms with Crippen LogP contribution in [0, 0.1) is 6.92 Å². The highest BCUT2D eigenvalue weighted by Gasteiger charge is 2.04. The first-order valence-electron chi connectivity index (χ1n) is 6.27. The SMILES string of the molecule is COC(=O)c1ccc(NCc2ccc(C)c(Cl)c2)cc1. The average molecular weight is 290 g/mol. The van der Waals surface area contributed by atoms with E-state index in [1.165, 1.54) is 7.11 Å². The molecule has 104 valence electrons. The molecule has 2 rings (SSSR count). The van der Waals surface area contributed by atoms with Gasteiger partial charge in [0.1, 0.15) is 0 Å². The van der Waals surface area contributed by atoms with Gasteiger partial charge in [-0.2, -0.15) is 0 Å². The molecule has 0 fully saturated rings. The second-order valence-corrected chi connectivity index (χ2v) is 4.91. The maximum absolute atomic E-state index is 11.3. The predicted octanol–water partition coefficient (Wildman–Crippen LogP) is 4.05. The van der Waals surface area contributed by atoms with E-state index in [0.717, 1.165) is 21.8 Å². The van der Waals surface area contributed by atoms with Crippen LogP contribution in [0.15, 0.2) is 42.5 Å². The Hall–Kier alpha value is -2.00. The summed E-state index contributed by atoms with van der Waals surface area (Å²) in [4.78, 5) is 11.3. The molecule has 1 N–H and O–H groups in total. The number of hydrogen-bond acceptors (Lipinski definition) is 3. The van der Waals surface area contributed by atoms with Crippen molar-refractivity contribution in [3.8, 4) is 0 Å². The normalized spacial score (nSPS) is 10.2. The molecule has 4 heteroatoms. The number of aryl methyl sites for hydroxylation is 1. The third-order valence-corrected chi connectivity index (χ3v) is 3.45. The van der Waals surface area contributed by atoms with Crippen LogP contribution < -0.4 is 5.32 Å². The Balaban J connectivity index is 2.00. The van der Waals surface area contributed by atoms with Crippen LogP contribution in [0.3, 0.4) is 0 Å². The Labute approximate surface area is 123 Å². The molecule has 20 heavy (non-hydrogen) atoms. The van der Waals surface area contributed by atoms with Crippen molar-refractivity contribution in [2.24, 2.45) is 0 Å². The van der Waals surface area contributed by atoms with Crippen molar-refractivity contribution in [2.75, 3.05) is 12.4 Å². The third-order valence-electron chi connectivity index (χ3n) is 3.04. The van der Waals surface area contributed by atoms with Crippen LogP contribution in [0.1, 0.15) is 21.5 Å². The lowest BCUT2D eigenvalue weighted by Gasteiger charge is -2.08. The smallest absolute Gasteiger partial charge is 0.337 e. The molecular formula is C16H16ClNO2. The van der Waals surface area contributed by atoms with Gasteiger partial charge >= 0.3 is 5.97 Å². The number of hydrogen-bond donors (Lipinski definition) is 1. The van der Waals surface area contributed by atoms with Crippen LogP contribution >= 0.6 is 11.6 Å². The number of ether oxygens (including phenoxy) is 1. The van der Waals surface area contributed by atoms with Crippen LogP contribution in [-0.4, -0.2) is 13.1 Å². The fourth-order valence-corrected chi connectivity index (χ4v) is 2.00. The highest BCUT2D eigenvalue weighted by molar-refractivity contribution is 6.31. The zero-order chi connectivity index (χ0) is 14.5. The van der Waals surface area contributed by atoms with Crippen molar-refractivity contribution in [3.05, 3.63) is 64.2 Å². The van der Waals surface area contributed by atoms with E-state index < -0.39 is 0 Å². The van der Waals surface area contributed by atoms with E-state index in [1.54, 1.807) is 12.1 Å². The predicted molar refractivity (Wildman–Crippen MR) is 81.3 cm³/mol. The molecule has 0 saturated carbocycles. The van der Waals surface area contributed by atoms with E-state index in [9.17, 15) is 4.79 Å². The number of anilines is 1. The Kier molecular flexibility index (Phi) is 4.64. The minimum Gasteiger partial charge on any atom is -0.465 e. The molecule has 0 radical (unpaired) electrons. The summed E-state index contributed by atoms with van der Waals surface area (Å²) in [6, 6.07) is 13.2. The molecule has 0 aliphatic carbocycles. The van der Waals surface area contributed by atoms with Crippen LogP contribution in [0.25, 0.3) is 0 Å². The lowest BCUT2D eigenvalue weighted by molar-refractivity contribution is 0.0601. The van der Waals surface area contributed by atoms with Gasteiger partial charge in [-0.05, 0) is 48.4 Å². The fourth-order valence-electron chi connectivity index (χ4n) is 1.79. The fraction of sp³-hybridized carbons (Fsp3) is 0.188. The number of halogens is 1. The van der Waals surface area contributed by atoms with Crippen LogP contribution in [0.2, 0.25) is 5.02 Å². The van der Waals surface area contributed by atoms with Crippen molar-refractivity contribution in [3.63, 3.8) is 0 Å². The maximum Gasteiger partial charge on any atom is 0.337 e. The van der Waals surface area contributed by atoms with Crippen molar-refractivity contribution in [1.82, 2.24) is 0 Å². The van der Waals surface area contributed by atoms with E-state index in [2.05, 4.69) is 10.1 Å². The van der Waals surface area contributed by atoms with Gasteiger partial charge in [0.25, 0.3) is 0 Å². The first-order valence-corrected chi connectivity index (χ1v) is 6.65. The topological polar surface area (TPSA) is 38.3 Å². The van der Waals surface area contributed by atoms with Gasteiger partial charge in [0, 0.05) is 17.3 Å². The van der Waals surface area contributed by atoms with Crippen molar-refractivity contribution >= 4 is 23.3 Å². The molecule has 0 bridgehead atoms. The number of nitrogens with one attached hydrogen (secondary N) is 1. The van der Waals surface area contributed by atoms with E-state index in [1.807, 2.05) is 37.3 Å². The number of carbonyl (C=O) groups is 1. The monoisotopic (exact) mass is 289 g/mol. The van der Waals surface area contributed by atoms with E-state index in [-0.39, 0.29) is 5.97 Å². The van der Waals surface area contributed by atoms with Crippen molar-refractivity contribution in [2.45, 2.75) is 13.5 Å². The van der Waals surface area contributed by atoms with Crippen molar-refractivity contribution < 1.29 is 9.53 Å². The molecule has 0 atom stereocenters. The quantitative estimate of drug-likeness (QED) is 0.863. The van der Waals surface area contributed by atoms with Crippen molar-refractivity contribution in [1.29, 1.82) is 0 Å². The van der Waals surface area contributed by atoms with Gasteiger partial charge in [0.2, 0.25) is 0 Å². The Morgan fingerprint density at radius 2 is 1.90 bits per heavy atom. The summed E-state index contributed by atoms with van der Waals surface area (Å²) in [5, 5.41) is 4.05. The molecule has 0 spiro atoms. The largest absolute Gasteiger partial charge is 0.465 e. The van der Waals surface area contributed by atoms with E-state index in [0.29, 0.717) is 12.1 Å². The highest BCUT2D eigenvalue weighted by atomic mass is 35.5. The number of esters is 1. The van der Waals surface area contributed by atoms with Gasteiger partial charge in [-0.25, -0.2) is 4.79 Å². The minimum absolute atomic E-state index is 0.332. The molecular weight excluding hydrogens is 274 g/mol. The number of benzene rings is 2. The molecule has 0 heterocycles. The molecule has 0 aliphatic rings. The Bertz CT molecular complexity index is 608. The lowest BCUT2D eigenvalue weighted by Crippen LogP contribution is -2.02. The Morgan fingerprint density at radius 1 is 1.20 bits per heavy atom. The van der Waals surface area contributed by atoms with Gasteiger partial charge < -0.3 is 10.1 Å². The summed E-state index contributed by atoms with van der Waals surface area (Å²) in [5.41, 5.74) is 3.65. The van der Waals surface area contributed by atoms with Gasteiger partial charge in [0.05, 0.1) is 12.7 Å². The first-order chi connectivity index (χ1) is 9.60. The Morgan fingerprint density at radius 3 is 2.50 bits per heavy atom. The minimum atomic E-state index is -0.332. The van der Waals surface area contributed by atoms with Gasteiger partial charge in [0.15, 0.2) is 0 Å². The van der Waals surface area contributed by atoms with Gasteiger partial charge in [-0.15, -0.1) is 0 Å². The molecule has 0 aromatic heterocycles. The zero-order valence-corrected chi connectivity index (χ0v) is 12.2. The number of carbonyl (C=O) groups excluding carboxylic acids is 1. The highest BCUT2D eigenvalue weighted by Crippen LogP contribution is 2.18. The van der Waals surface area contributed by atoms with E-state index >= 15 is 0 Å². The summed E-state index contributed by atoms with van der Waals surface area (Å²) in [6.07, 6.45) is 0. The third kappa shape index (κ3) is 3.52. The molecule has 0 amide bonds. The summed E-state index contributed by atoms with van der Waals surface area (Å²) in [7, 11) is 1.37. The van der Waals surface area contributed by atoms with Gasteiger partial charge in [-0.3, -0.25) is 0 Å². The maximum atomic E-state index is 11.3. The molecule has 2 aromatic rings. The summed E-state index contributed by atoms with van der Waals surface area (Å²) in [6.45, 7) is 2.66. The molecule has 0 unspecified atom stereocenters.